The molecule has 8 nitrogen and oxygen atoms in total. The predicted molar refractivity (Wildman–Crippen MR) is 87.2 cm³/mol. The molecule has 0 bridgehead atoms. The molecular weight excluding hydrogens is 333 g/mol. The highest BCUT2D eigenvalue weighted by atomic mass is 19.1. The van der Waals surface area contributed by atoms with Crippen molar-refractivity contribution in [2.75, 3.05) is 49.3 Å². The van der Waals surface area contributed by atoms with Crippen LogP contribution >= 0.6 is 0 Å². The van der Waals surface area contributed by atoms with E-state index in [4.69, 9.17) is 14.6 Å². The Morgan fingerprint density at radius 1 is 1.40 bits per heavy atom. The molecule has 1 aromatic rings. The number of carbonyl (C=O) groups excluding carboxylic acids is 2. The number of cyclic esters (lactones) is 1. The summed E-state index contributed by atoms with van der Waals surface area (Å²) in [4.78, 5) is 26.2. The fraction of sp³-hybridized carbons (Fsp3) is 0.500. The topological polar surface area (TPSA) is 91.3 Å². The van der Waals surface area contributed by atoms with Crippen LogP contribution in [0, 0.1) is 0 Å². The Bertz CT molecular complexity index is 644. The zero-order valence-corrected chi connectivity index (χ0v) is 13.6. The molecule has 0 radical (unpaired) electrons. The molecule has 2 atom stereocenters. The largest absolute Gasteiger partial charge is 0.442 e. The summed E-state index contributed by atoms with van der Waals surface area (Å²) in [5.74, 6) is -0.530. The summed E-state index contributed by atoms with van der Waals surface area (Å²) in [6.45, 7) is 0.667. The average molecular weight is 353 g/mol. The Kier molecular flexibility index (Phi) is 5.34. The minimum absolute atomic E-state index is 0.0165. The summed E-state index contributed by atoms with van der Waals surface area (Å²) in [5, 5.41) is 11.2. The van der Waals surface area contributed by atoms with Gasteiger partial charge in [-0.3, -0.25) is 9.69 Å². The first-order valence-electron chi connectivity index (χ1n) is 8.02. The molecule has 3 rings (SSSR count). The predicted octanol–water partition coefficient (Wildman–Crippen LogP) is 0.253. The maximum Gasteiger partial charge on any atom is 0.414 e. The molecule has 0 aliphatic carbocycles. The van der Waals surface area contributed by atoms with Crippen molar-refractivity contribution in [2.45, 2.75) is 12.4 Å². The van der Waals surface area contributed by atoms with Gasteiger partial charge in [-0.1, -0.05) is 6.07 Å². The molecular formula is C16H20FN3O5. The molecule has 0 aromatic heterocycles. The quantitative estimate of drug-likeness (QED) is 0.738. The molecule has 0 spiro atoms. The Labute approximate surface area is 144 Å². The number of rotatable bonds is 5. The van der Waals surface area contributed by atoms with Crippen LogP contribution < -0.4 is 15.1 Å². The monoisotopic (exact) mass is 353 g/mol. The van der Waals surface area contributed by atoms with Gasteiger partial charge < -0.3 is 24.8 Å². The van der Waals surface area contributed by atoms with Gasteiger partial charge in [0.2, 0.25) is 5.91 Å². The summed E-state index contributed by atoms with van der Waals surface area (Å²) in [7, 11) is 0. The van der Waals surface area contributed by atoms with Crippen LogP contribution in [0.25, 0.3) is 0 Å². The Hall–Kier alpha value is -2.39. The smallest absolute Gasteiger partial charge is 0.414 e. The number of halogens is 1. The van der Waals surface area contributed by atoms with Gasteiger partial charge in [0.15, 0.2) is 6.30 Å². The summed E-state index contributed by atoms with van der Waals surface area (Å²) < 4.78 is 24.3. The molecule has 2 aliphatic rings. The van der Waals surface area contributed by atoms with Crippen LogP contribution in [-0.4, -0.2) is 69.0 Å². The van der Waals surface area contributed by atoms with Crippen molar-refractivity contribution >= 4 is 23.4 Å². The van der Waals surface area contributed by atoms with E-state index >= 15 is 0 Å². The standard InChI is InChI=1S/C16H20FN3O5/c17-14-10-24-5-4-19(14)11-2-1-3-12(6-11)20-8-13(25-16(20)23)7-18-15(22)9-21/h1-3,6,13-14,21H,4-5,7-10H2,(H,18,22)/t13?,14-/m1/s1. The second-order valence-electron chi connectivity index (χ2n) is 5.80. The Balaban J connectivity index is 1.68. The number of morpholine rings is 1. The fourth-order valence-electron chi connectivity index (χ4n) is 2.83. The van der Waals surface area contributed by atoms with E-state index < -0.39 is 31.0 Å². The van der Waals surface area contributed by atoms with Crippen molar-refractivity contribution in [1.29, 1.82) is 0 Å². The number of aliphatic hydroxyl groups is 1. The van der Waals surface area contributed by atoms with Crippen molar-refractivity contribution < 1.29 is 28.6 Å². The maximum absolute atomic E-state index is 14.0. The zero-order chi connectivity index (χ0) is 17.8. The number of ether oxygens (including phenoxy) is 2. The number of benzene rings is 1. The van der Waals surface area contributed by atoms with E-state index in [1.165, 1.54) is 4.90 Å². The highest BCUT2D eigenvalue weighted by Crippen LogP contribution is 2.28. The number of amides is 2. The van der Waals surface area contributed by atoms with Gasteiger partial charge >= 0.3 is 6.09 Å². The van der Waals surface area contributed by atoms with Crippen LogP contribution in [-0.2, 0) is 14.3 Å². The number of nitrogens with zero attached hydrogens (tertiary/aromatic N) is 2. The maximum atomic E-state index is 14.0. The highest BCUT2D eigenvalue weighted by molar-refractivity contribution is 5.90. The summed E-state index contributed by atoms with van der Waals surface area (Å²) >= 11 is 0. The number of aliphatic hydroxyl groups excluding tert-OH is 1. The van der Waals surface area contributed by atoms with Gasteiger partial charge in [0.1, 0.15) is 12.7 Å². The third kappa shape index (κ3) is 3.99. The van der Waals surface area contributed by atoms with Crippen molar-refractivity contribution in [2.24, 2.45) is 0 Å². The number of hydrogen-bond acceptors (Lipinski definition) is 6. The first kappa shape index (κ1) is 17.4. The second kappa shape index (κ2) is 7.66. The minimum Gasteiger partial charge on any atom is -0.442 e. The van der Waals surface area contributed by atoms with Crippen LogP contribution in [0.3, 0.4) is 0 Å². The minimum atomic E-state index is -1.23. The van der Waals surface area contributed by atoms with Crippen LogP contribution in [0.2, 0.25) is 0 Å². The molecule has 136 valence electrons. The lowest BCUT2D eigenvalue weighted by molar-refractivity contribution is -0.124. The van der Waals surface area contributed by atoms with E-state index in [0.29, 0.717) is 24.5 Å². The van der Waals surface area contributed by atoms with Crippen molar-refractivity contribution in [3.8, 4) is 0 Å². The molecule has 2 aliphatic heterocycles. The lowest BCUT2D eigenvalue weighted by atomic mass is 10.2. The van der Waals surface area contributed by atoms with Crippen LogP contribution in [0.4, 0.5) is 20.6 Å². The molecule has 2 saturated heterocycles. The number of carbonyl (C=O) groups is 2. The third-order valence-electron chi connectivity index (χ3n) is 4.09. The van der Waals surface area contributed by atoms with Gasteiger partial charge in [-0.25, -0.2) is 9.18 Å². The van der Waals surface area contributed by atoms with Gasteiger partial charge in [-0.2, -0.15) is 0 Å². The second-order valence-corrected chi connectivity index (χ2v) is 5.80. The first-order valence-corrected chi connectivity index (χ1v) is 8.02. The number of anilines is 2. The van der Waals surface area contributed by atoms with E-state index in [2.05, 4.69) is 5.32 Å². The van der Waals surface area contributed by atoms with E-state index in [1.54, 1.807) is 29.2 Å². The van der Waals surface area contributed by atoms with E-state index in [9.17, 15) is 14.0 Å². The van der Waals surface area contributed by atoms with Gasteiger partial charge in [-0.05, 0) is 18.2 Å². The van der Waals surface area contributed by atoms with Crippen LogP contribution in [0.15, 0.2) is 24.3 Å². The fourth-order valence-corrected chi connectivity index (χ4v) is 2.83. The van der Waals surface area contributed by atoms with E-state index in [-0.39, 0.29) is 19.7 Å². The summed E-state index contributed by atoms with van der Waals surface area (Å²) in [6.07, 6.45) is -2.26. The van der Waals surface area contributed by atoms with Gasteiger partial charge in [0.25, 0.3) is 0 Å². The van der Waals surface area contributed by atoms with E-state index in [1.807, 2.05) is 0 Å². The molecule has 1 unspecified atom stereocenters. The molecule has 2 heterocycles. The van der Waals surface area contributed by atoms with Gasteiger partial charge in [0, 0.05) is 17.9 Å². The SMILES string of the molecule is O=C(CO)NCC1CN(c2cccc(N3CCOC[C@@H]3F)c2)C(=O)O1. The molecule has 2 N–H and O–H groups in total. The van der Waals surface area contributed by atoms with Gasteiger partial charge in [-0.15, -0.1) is 0 Å². The van der Waals surface area contributed by atoms with Crippen LogP contribution in [0.5, 0.6) is 0 Å². The summed E-state index contributed by atoms with van der Waals surface area (Å²) in [6, 6.07) is 7.00. The normalized spacial score (nSPS) is 23.5. The van der Waals surface area contributed by atoms with Crippen molar-refractivity contribution in [1.82, 2.24) is 5.32 Å². The lowest BCUT2D eigenvalue weighted by Crippen LogP contribution is -2.43. The molecule has 9 heteroatoms. The number of nitrogens with one attached hydrogen (secondary N) is 1. The molecule has 0 saturated carbocycles. The molecule has 2 fully saturated rings. The Morgan fingerprint density at radius 3 is 2.96 bits per heavy atom. The van der Waals surface area contributed by atoms with Gasteiger partial charge in [0.05, 0.1) is 26.3 Å². The Morgan fingerprint density at radius 2 is 2.20 bits per heavy atom. The highest BCUT2D eigenvalue weighted by Gasteiger charge is 2.33. The van der Waals surface area contributed by atoms with E-state index in [0.717, 1.165) is 0 Å². The first-order chi connectivity index (χ1) is 12.1. The lowest BCUT2D eigenvalue weighted by Gasteiger charge is -2.32. The van der Waals surface area contributed by atoms with Crippen LogP contribution in [0.1, 0.15) is 0 Å². The summed E-state index contributed by atoms with van der Waals surface area (Å²) in [5.41, 5.74) is 1.26. The molecule has 25 heavy (non-hydrogen) atoms. The van der Waals surface area contributed by atoms with Crippen molar-refractivity contribution in [3.63, 3.8) is 0 Å². The number of alkyl halides is 1. The molecule has 2 amide bonds. The third-order valence-corrected chi connectivity index (χ3v) is 4.09. The average Bonchev–Trinajstić information content (AvgIpc) is 3.01. The zero-order valence-electron chi connectivity index (χ0n) is 13.6. The van der Waals surface area contributed by atoms with Crippen molar-refractivity contribution in [3.05, 3.63) is 24.3 Å². The molecule has 1 aromatic carbocycles. The number of hydrogen-bond donors (Lipinski definition) is 2.